The van der Waals surface area contributed by atoms with Crippen molar-refractivity contribution in [3.63, 3.8) is 0 Å². The fourth-order valence-corrected chi connectivity index (χ4v) is 3.23. The third kappa shape index (κ3) is 3.59. The van der Waals surface area contributed by atoms with Crippen LogP contribution in [0.4, 0.5) is 4.39 Å². The molecule has 4 aromatic rings. The largest absolute Gasteiger partial charge is 0.357 e. The number of rotatable bonds is 4. The molecule has 0 spiro atoms. The van der Waals surface area contributed by atoms with Crippen molar-refractivity contribution in [2.24, 2.45) is 0 Å². The van der Waals surface area contributed by atoms with Gasteiger partial charge in [-0.05, 0) is 42.5 Å². The topological polar surface area (TPSA) is 79.8 Å². The van der Waals surface area contributed by atoms with Gasteiger partial charge >= 0.3 is 0 Å². The third-order valence-corrected chi connectivity index (χ3v) is 4.68. The average Bonchev–Trinajstić information content (AvgIpc) is 3.09. The lowest BCUT2D eigenvalue weighted by atomic mass is 10.2. The minimum Gasteiger partial charge on any atom is -0.357 e. The predicted octanol–water partition coefficient (Wildman–Crippen LogP) is 3.55. The van der Waals surface area contributed by atoms with Gasteiger partial charge in [0.1, 0.15) is 17.2 Å². The van der Waals surface area contributed by atoms with Crippen LogP contribution in [-0.2, 0) is 6.54 Å². The Balaban J connectivity index is 1.55. The smallest absolute Gasteiger partial charge is 0.272 e. The Morgan fingerprint density at radius 2 is 1.96 bits per heavy atom. The van der Waals surface area contributed by atoms with Crippen molar-refractivity contribution in [2.45, 2.75) is 6.54 Å². The van der Waals surface area contributed by atoms with Crippen LogP contribution in [0.3, 0.4) is 0 Å². The number of carbonyl (C=O) groups is 1. The second kappa shape index (κ2) is 7.40. The van der Waals surface area contributed by atoms with Crippen molar-refractivity contribution in [2.75, 3.05) is 0 Å². The van der Waals surface area contributed by atoms with Crippen molar-refractivity contribution in [1.82, 2.24) is 20.1 Å². The SMILES string of the molecule is O=C(NCc1cc2cc(Br)ccc2[nH]1)c1ccc(=O)n(-c2ccccc2F)n1. The first-order chi connectivity index (χ1) is 13.5. The third-order valence-electron chi connectivity index (χ3n) is 4.19. The molecule has 1 amide bonds. The van der Waals surface area contributed by atoms with Crippen LogP contribution >= 0.6 is 15.9 Å². The number of hydrogen-bond acceptors (Lipinski definition) is 3. The highest BCUT2D eigenvalue weighted by molar-refractivity contribution is 9.10. The van der Waals surface area contributed by atoms with Crippen molar-refractivity contribution < 1.29 is 9.18 Å². The Bertz CT molecular complexity index is 1250. The fourth-order valence-electron chi connectivity index (χ4n) is 2.85. The lowest BCUT2D eigenvalue weighted by Gasteiger charge is -2.08. The minimum atomic E-state index is -0.598. The molecule has 0 unspecified atom stereocenters. The van der Waals surface area contributed by atoms with Gasteiger partial charge in [-0.15, -0.1) is 0 Å². The summed E-state index contributed by atoms with van der Waals surface area (Å²) in [5.41, 5.74) is 1.26. The van der Waals surface area contributed by atoms with Gasteiger partial charge in [-0.25, -0.2) is 4.39 Å². The van der Waals surface area contributed by atoms with E-state index in [4.69, 9.17) is 0 Å². The van der Waals surface area contributed by atoms with Crippen molar-refractivity contribution in [3.05, 3.63) is 92.7 Å². The number of aromatic amines is 1. The summed E-state index contributed by atoms with van der Waals surface area (Å²) in [4.78, 5) is 27.7. The quantitative estimate of drug-likeness (QED) is 0.509. The highest BCUT2D eigenvalue weighted by Gasteiger charge is 2.13. The highest BCUT2D eigenvalue weighted by atomic mass is 79.9. The number of para-hydroxylation sites is 1. The summed E-state index contributed by atoms with van der Waals surface area (Å²) < 4.78 is 15.8. The molecule has 2 N–H and O–H groups in total. The van der Waals surface area contributed by atoms with Crippen molar-refractivity contribution in [3.8, 4) is 5.69 Å². The molecule has 0 aliphatic heterocycles. The Hall–Kier alpha value is -3.26. The number of amides is 1. The van der Waals surface area contributed by atoms with Crippen LogP contribution in [0.25, 0.3) is 16.6 Å². The number of halogens is 2. The molecule has 0 aliphatic rings. The maximum Gasteiger partial charge on any atom is 0.272 e. The van der Waals surface area contributed by atoms with Crippen LogP contribution in [0.5, 0.6) is 0 Å². The molecule has 0 fully saturated rings. The lowest BCUT2D eigenvalue weighted by Crippen LogP contribution is -2.29. The number of nitrogens with one attached hydrogen (secondary N) is 2. The zero-order chi connectivity index (χ0) is 19.7. The molecule has 0 bridgehead atoms. The van der Waals surface area contributed by atoms with E-state index in [1.54, 1.807) is 6.07 Å². The van der Waals surface area contributed by atoms with Gasteiger partial charge in [-0.2, -0.15) is 9.78 Å². The fraction of sp³-hybridized carbons (Fsp3) is 0.0500. The second-order valence-corrected chi connectivity index (χ2v) is 7.04. The van der Waals surface area contributed by atoms with E-state index in [2.05, 4.69) is 31.3 Å². The minimum absolute atomic E-state index is 0.0108. The van der Waals surface area contributed by atoms with E-state index in [1.807, 2.05) is 24.3 Å². The maximum atomic E-state index is 14.0. The molecule has 2 heterocycles. The van der Waals surface area contributed by atoms with Gasteiger partial charge in [0.2, 0.25) is 0 Å². The molecule has 0 saturated carbocycles. The Morgan fingerprint density at radius 3 is 2.79 bits per heavy atom. The molecule has 0 atom stereocenters. The summed E-state index contributed by atoms with van der Waals surface area (Å²) in [6, 6.07) is 16.0. The first-order valence-corrected chi connectivity index (χ1v) is 9.21. The van der Waals surface area contributed by atoms with E-state index in [0.717, 1.165) is 25.8 Å². The second-order valence-electron chi connectivity index (χ2n) is 6.13. The number of hydrogen-bond donors (Lipinski definition) is 2. The Morgan fingerprint density at radius 1 is 1.14 bits per heavy atom. The lowest BCUT2D eigenvalue weighted by molar-refractivity contribution is 0.0943. The molecule has 2 aromatic carbocycles. The van der Waals surface area contributed by atoms with Gasteiger partial charge in [0, 0.05) is 27.1 Å². The summed E-state index contributed by atoms with van der Waals surface area (Å²) in [5, 5.41) is 7.77. The van der Waals surface area contributed by atoms with Gasteiger partial charge in [0.25, 0.3) is 11.5 Å². The number of H-pyrrole nitrogens is 1. The van der Waals surface area contributed by atoms with E-state index < -0.39 is 17.3 Å². The Labute approximate surface area is 167 Å². The molecule has 6 nitrogen and oxygen atoms in total. The van der Waals surface area contributed by atoms with E-state index in [9.17, 15) is 14.0 Å². The number of carbonyl (C=O) groups excluding carboxylic acids is 1. The average molecular weight is 441 g/mol. The molecule has 2 aromatic heterocycles. The van der Waals surface area contributed by atoms with E-state index in [0.29, 0.717) is 0 Å². The number of nitrogens with zero attached hydrogens (tertiary/aromatic N) is 2. The number of fused-ring (bicyclic) bond motifs is 1. The first-order valence-electron chi connectivity index (χ1n) is 8.42. The monoisotopic (exact) mass is 440 g/mol. The molecule has 4 rings (SSSR count). The van der Waals surface area contributed by atoms with E-state index >= 15 is 0 Å². The summed E-state index contributed by atoms with van der Waals surface area (Å²) in [6.45, 7) is 0.256. The zero-order valence-electron chi connectivity index (χ0n) is 14.4. The zero-order valence-corrected chi connectivity index (χ0v) is 16.0. The van der Waals surface area contributed by atoms with E-state index in [1.165, 1.54) is 30.3 Å². The van der Waals surface area contributed by atoms with Gasteiger partial charge in [-0.3, -0.25) is 9.59 Å². The van der Waals surface area contributed by atoms with Crippen LogP contribution < -0.4 is 10.9 Å². The molecule has 0 saturated heterocycles. The standard InChI is InChI=1S/C20H14BrFN4O2/c21-13-5-6-16-12(9-13)10-14(24-16)11-23-20(28)17-7-8-19(27)26(25-17)18-4-2-1-3-15(18)22/h1-10,24H,11H2,(H,23,28). The molecule has 28 heavy (non-hydrogen) atoms. The van der Waals surface area contributed by atoms with Crippen LogP contribution in [0.2, 0.25) is 0 Å². The molecular weight excluding hydrogens is 427 g/mol. The summed E-state index contributed by atoms with van der Waals surface area (Å²) in [5.74, 6) is -1.07. The van der Waals surface area contributed by atoms with Crippen LogP contribution in [0.1, 0.15) is 16.2 Å². The molecule has 8 heteroatoms. The van der Waals surface area contributed by atoms with Gasteiger partial charge in [-0.1, -0.05) is 28.1 Å². The van der Waals surface area contributed by atoms with Crippen LogP contribution in [0, 0.1) is 5.82 Å². The highest BCUT2D eigenvalue weighted by Crippen LogP contribution is 2.20. The molecule has 0 radical (unpaired) electrons. The predicted molar refractivity (Wildman–Crippen MR) is 107 cm³/mol. The Kier molecular flexibility index (Phi) is 4.79. The van der Waals surface area contributed by atoms with Gasteiger partial charge in [0.05, 0.1) is 6.54 Å². The van der Waals surface area contributed by atoms with Crippen molar-refractivity contribution in [1.29, 1.82) is 0 Å². The maximum absolute atomic E-state index is 14.0. The van der Waals surface area contributed by atoms with E-state index in [-0.39, 0.29) is 17.9 Å². The van der Waals surface area contributed by atoms with Crippen molar-refractivity contribution >= 4 is 32.7 Å². The molecule has 140 valence electrons. The van der Waals surface area contributed by atoms with Crippen LogP contribution in [0.15, 0.2) is 69.9 Å². The molecular formula is C20H14BrFN4O2. The summed E-state index contributed by atoms with van der Waals surface area (Å²) in [6.07, 6.45) is 0. The molecule has 0 aliphatic carbocycles. The van der Waals surface area contributed by atoms with Gasteiger partial charge in [0.15, 0.2) is 0 Å². The summed E-state index contributed by atoms with van der Waals surface area (Å²) >= 11 is 3.42. The van der Waals surface area contributed by atoms with Crippen LogP contribution in [-0.4, -0.2) is 20.7 Å². The van der Waals surface area contributed by atoms with Gasteiger partial charge < -0.3 is 10.3 Å². The summed E-state index contributed by atoms with van der Waals surface area (Å²) in [7, 11) is 0. The number of benzene rings is 2. The number of aromatic nitrogens is 3. The first kappa shape index (κ1) is 18.1. The normalized spacial score (nSPS) is 10.9.